The summed E-state index contributed by atoms with van der Waals surface area (Å²) in [5.74, 6) is -1.50. The van der Waals surface area contributed by atoms with Crippen LogP contribution in [0.5, 0.6) is 0 Å². The number of aliphatic imine (C=N–C) groups is 1. The van der Waals surface area contributed by atoms with Crippen molar-refractivity contribution in [3.05, 3.63) is 47.5 Å². The highest BCUT2D eigenvalue weighted by atomic mass is 19.4. The van der Waals surface area contributed by atoms with Gasteiger partial charge in [-0.05, 0) is 25.6 Å². The Labute approximate surface area is 154 Å². The molecule has 0 saturated heterocycles. The average molecular weight is 383 g/mol. The number of rotatable bonds is 8. The summed E-state index contributed by atoms with van der Waals surface area (Å²) in [7, 11) is 0. The Bertz CT molecular complexity index is 783. The molecule has 0 amide bonds. The number of aromatic nitrogens is 2. The van der Waals surface area contributed by atoms with Crippen LogP contribution in [0.2, 0.25) is 0 Å². The molecule has 0 spiro atoms. The minimum absolute atomic E-state index is 0.0471. The summed E-state index contributed by atoms with van der Waals surface area (Å²) in [4.78, 5) is 12.8. The van der Waals surface area contributed by atoms with E-state index in [1.165, 1.54) is 6.20 Å². The van der Waals surface area contributed by atoms with Gasteiger partial charge in [0.15, 0.2) is 0 Å². The van der Waals surface area contributed by atoms with E-state index in [-0.39, 0.29) is 11.9 Å². The van der Waals surface area contributed by atoms with Crippen molar-refractivity contribution >= 4 is 6.21 Å². The fourth-order valence-corrected chi connectivity index (χ4v) is 1.92. The zero-order valence-corrected chi connectivity index (χ0v) is 14.8. The van der Waals surface area contributed by atoms with E-state index in [0.29, 0.717) is 18.7 Å². The van der Waals surface area contributed by atoms with Crippen LogP contribution < -0.4 is 11.2 Å². The van der Waals surface area contributed by atoms with E-state index in [2.05, 4.69) is 25.1 Å². The Balaban J connectivity index is 1.92. The first-order chi connectivity index (χ1) is 12.8. The van der Waals surface area contributed by atoms with Crippen molar-refractivity contribution in [2.75, 3.05) is 6.54 Å². The van der Waals surface area contributed by atoms with Gasteiger partial charge in [-0.1, -0.05) is 29.4 Å². The van der Waals surface area contributed by atoms with E-state index in [9.17, 15) is 13.2 Å². The maximum absolute atomic E-state index is 12.5. The van der Waals surface area contributed by atoms with Gasteiger partial charge in [0.05, 0.1) is 12.6 Å². The number of benzene rings is 1. The number of halogens is 3. The third kappa shape index (κ3) is 6.50. The fraction of sp³-hybridized carbons (Fsp3) is 0.353. The van der Waals surface area contributed by atoms with E-state index in [1.54, 1.807) is 30.5 Å². The molecule has 0 radical (unpaired) electrons. The number of nitrogens with one attached hydrogen (secondary N) is 1. The van der Waals surface area contributed by atoms with E-state index in [4.69, 9.17) is 10.6 Å². The Morgan fingerprint density at radius 1 is 1.33 bits per heavy atom. The SMILES string of the molecule is CC(C)ONCC(C=NCc1ccc(-c2noc(C(F)(F)F)n2)cc1)=CN. The van der Waals surface area contributed by atoms with Gasteiger partial charge in [-0.15, -0.1) is 0 Å². The van der Waals surface area contributed by atoms with Gasteiger partial charge in [-0.2, -0.15) is 23.6 Å². The zero-order chi connectivity index (χ0) is 19.9. The molecule has 1 aromatic carbocycles. The topological polar surface area (TPSA) is 98.6 Å². The monoisotopic (exact) mass is 383 g/mol. The van der Waals surface area contributed by atoms with Crippen LogP contribution in [-0.2, 0) is 17.6 Å². The van der Waals surface area contributed by atoms with Crippen LogP contribution in [0.4, 0.5) is 13.2 Å². The highest BCUT2D eigenvalue weighted by Gasteiger charge is 2.38. The van der Waals surface area contributed by atoms with Gasteiger partial charge in [0.2, 0.25) is 5.82 Å². The second-order valence-corrected chi connectivity index (χ2v) is 5.82. The summed E-state index contributed by atoms with van der Waals surface area (Å²) in [6.07, 6.45) is -1.56. The Hall–Kier alpha value is -2.72. The minimum atomic E-state index is -4.66. The zero-order valence-electron chi connectivity index (χ0n) is 14.8. The molecule has 3 N–H and O–H groups in total. The lowest BCUT2D eigenvalue weighted by atomic mass is 10.1. The molecule has 10 heteroatoms. The first-order valence-corrected chi connectivity index (χ1v) is 8.09. The van der Waals surface area contributed by atoms with Crippen LogP contribution >= 0.6 is 0 Å². The molecule has 0 saturated carbocycles. The van der Waals surface area contributed by atoms with Crippen molar-refractivity contribution in [2.24, 2.45) is 10.7 Å². The highest BCUT2D eigenvalue weighted by molar-refractivity contribution is 5.78. The van der Waals surface area contributed by atoms with Crippen molar-refractivity contribution in [3.63, 3.8) is 0 Å². The molecule has 7 nitrogen and oxygen atoms in total. The lowest BCUT2D eigenvalue weighted by Gasteiger charge is -2.08. The summed E-state index contributed by atoms with van der Waals surface area (Å²) in [6, 6.07) is 6.66. The van der Waals surface area contributed by atoms with Gasteiger partial charge >= 0.3 is 12.1 Å². The van der Waals surface area contributed by atoms with E-state index in [1.807, 2.05) is 13.8 Å². The minimum Gasteiger partial charge on any atom is -0.404 e. The second-order valence-electron chi connectivity index (χ2n) is 5.82. The Morgan fingerprint density at radius 2 is 2.04 bits per heavy atom. The van der Waals surface area contributed by atoms with E-state index >= 15 is 0 Å². The largest absolute Gasteiger partial charge is 0.471 e. The molecule has 0 bridgehead atoms. The summed E-state index contributed by atoms with van der Waals surface area (Å²) < 4.78 is 41.7. The second kappa shape index (κ2) is 9.28. The van der Waals surface area contributed by atoms with Crippen LogP contribution in [0.3, 0.4) is 0 Å². The normalized spacial score (nSPS) is 13.0. The quantitative estimate of drug-likeness (QED) is 0.537. The van der Waals surface area contributed by atoms with Gasteiger partial charge in [-0.25, -0.2) is 0 Å². The molecule has 1 aromatic heterocycles. The number of alkyl halides is 3. The lowest BCUT2D eigenvalue weighted by Crippen LogP contribution is -2.22. The van der Waals surface area contributed by atoms with E-state index in [0.717, 1.165) is 11.1 Å². The Morgan fingerprint density at radius 3 is 2.59 bits per heavy atom. The summed E-state index contributed by atoms with van der Waals surface area (Å²) in [5.41, 5.74) is 10.3. The third-order valence-corrected chi connectivity index (χ3v) is 3.22. The van der Waals surface area contributed by atoms with Crippen LogP contribution in [0, 0.1) is 0 Å². The Kier molecular flexibility index (Phi) is 7.08. The average Bonchev–Trinajstić information content (AvgIpc) is 3.11. The van der Waals surface area contributed by atoms with Gasteiger partial charge in [-0.3, -0.25) is 9.83 Å². The van der Waals surface area contributed by atoms with Crippen molar-refractivity contribution in [1.29, 1.82) is 0 Å². The molecule has 0 aliphatic rings. The van der Waals surface area contributed by atoms with Crippen LogP contribution in [0.25, 0.3) is 11.4 Å². The molecule has 2 aromatic rings. The van der Waals surface area contributed by atoms with Crippen molar-refractivity contribution in [1.82, 2.24) is 15.6 Å². The predicted molar refractivity (Wildman–Crippen MR) is 93.4 cm³/mol. The van der Waals surface area contributed by atoms with Crippen molar-refractivity contribution in [2.45, 2.75) is 32.7 Å². The molecular weight excluding hydrogens is 363 g/mol. The summed E-state index contributed by atoms with van der Waals surface area (Å²) in [6.45, 7) is 4.59. The third-order valence-electron chi connectivity index (χ3n) is 3.22. The van der Waals surface area contributed by atoms with E-state index < -0.39 is 12.1 Å². The molecule has 0 aliphatic carbocycles. The summed E-state index contributed by atoms with van der Waals surface area (Å²) in [5, 5.41) is 3.34. The van der Waals surface area contributed by atoms with Crippen LogP contribution in [-0.4, -0.2) is 29.0 Å². The van der Waals surface area contributed by atoms with Gasteiger partial charge in [0.25, 0.3) is 0 Å². The fourth-order valence-electron chi connectivity index (χ4n) is 1.92. The maximum atomic E-state index is 12.5. The predicted octanol–water partition coefficient (Wildman–Crippen LogP) is 3.10. The summed E-state index contributed by atoms with van der Waals surface area (Å²) >= 11 is 0. The smallest absolute Gasteiger partial charge is 0.404 e. The molecule has 1 heterocycles. The van der Waals surface area contributed by atoms with Crippen molar-refractivity contribution < 1.29 is 22.5 Å². The molecule has 27 heavy (non-hydrogen) atoms. The first kappa shape index (κ1) is 20.6. The number of nitrogens with two attached hydrogens (primary N) is 1. The number of hydrogen-bond donors (Lipinski definition) is 2. The number of nitrogens with zero attached hydrogens (tertiary/aromatic N) is 3. The van der Waals surface area contributed by atoms with Crippen molar-refractivity contribution in [3.8, 4) is 11.4 Å². The molecule has 0 fully saturated rings. The number of hydroxylamine groups is 1. The molecule has 146 valence electrons. The molecule has 0 atom stereocenters. The first-order valence-electron chi connectivity index (χ1n) is 8.09. The van der Waals surface area contributed by atoms with Crippen LogP contribution in [0.15, 0.2) is 45.6 Å². The molecular formula is C17H20F3N5O2. The highest BCUT2D eigenvalue weighted by Crippen LogP contribution is 2.29. The molecule has 0 unspecified atom stereocenters. The standard InChI is InChI=1S/C17H20F3N5O2/c1-11(2)26-23-10-13(7-21)9-22-8-12-3-5-14(6-4-12)15-24-16(27-25-15)17(18,19)20/h3-7,9,11,23H,8,10,21H2,1-2H3. The van der Waals surface area contributed by atoms with Gasteiger partial charge < -0.3 is 10.3 Å². The molecule has 2 rings (SSSR count). The van der Waals surface area contributed by atoms with Gasteiger partial charge in [0.1, 0.15) is 0 Å². The maximum Gasteiger partial charge on any atom is 0.471 e. The van der Waals surface area contributed by atoms with Crippen LogP contribution in [0.1, 0.15) is 25.3 Å². The molecule has 0 aliphatic heterocycles. The van der Waals surface area contributed by atoms with Gasteiger partial charge in [0, 0.05) is 23.9 Å². The number of hydrogen-bond acceptors (Lipinski definition) is 7. The lowest BCUT2D eigenvalue weighted by molar-refractivity contribution is -0.159.